The third-order valence-electron chi connectivity index (χ3n) is 5.72. The maximum atomic E-state index is 11.5. The Labute approximate surface area is 127 Å². The van der Waals surface area contributed by atoms with Crippen molar-refractivity contribution in [2.24, 2.45) is 11.7 Å². The second kappa shape index (κ2) is 5.38. The summed E-state index contributed by atoms with van der Waals surface area (Å²) in [6.45, 7) is 5.46. The molecule has 3 rings (SSSR count). The minimum Gasteiger partial charge on any atom is -0.389 e. The molecule has 0 spiro atoms. The second-order valence-corrected chi connectivity index (χ2v) is 7.08. The number of ether oxygens (including phenoxy) is 1. The van der Waals surface area contributed by atoms with Crippen molar-refractivity contribution >= 4 is 0 Å². The highest BCUT2D eigenvalue weighted by Gasteiger charge is 2.55. The van der Waals surface area contributed by atoms with Gasteiger partial charge in [0, 0.05) is 31.4 Å². The Bertz CT molecular complexity index is 516. The minimum atomic E-state index is -0.748. The predicted octanol–water partition coefficient (Wildman–Crippen LogP) is 2.40. The van der Waals surface area contributed by atoms with E-state index in [0.717, 1.165) is 12.8 Å². The van der Waals surface area contributed by atoms with Crippen LogP contribution >= 0.6 is 0 Å². The molecule has 0 amide bonds. The summed E-state index contributed by atoms with van der Waals surface area (Å²) in [5.41, 5.74) is 7.78. The lowest BCUT2D eigenvalue weighted by Gasteiger charge is -2.50. The SMILES string of the molecule is CC(C)C1CC(O)(C2(CN)CCc3ccccc32)CCO1. The standard InChI is InChI=1S/C18H27NO2/c1-13(2)16-11-18(20,9-10-21-16)17(12-19)8-7-14-5-3-4-6-15(14)17/h3-6,13,16,20H,7-12,19H2,1-2H3. The van der Waals surface area contributed by atoms with E-state index in [4.69, 9.17) is 10.5 Å². The zero-order valence-electron chi connectivity index (χ0n) is 13.1. The highest BCUT2D eigenvalue weighted by Crippen LogP contribution is 2.50. The molecular weight excluding hydrogens is 262 g/mol. The summed E-state index contributed by atoms with van der Waals surface area (Å²) in [5.74, 6) is 0.420. The maximum absolute atomic E-state index is 11.5. The molecule has 2 aliphatic rings. The van der Waals surface area contributed by atoms with Crippen LogP contribution in [0, 0.1) is 5.92 Å². The Morgan fingerprint density at radius 2 is 2.10 bits per heavy atom. The number of rotatable bonds is 3. The summed E-state index contributed by atoms with van der Waals surface area (Å²) >= 11 is 0. The molecule has 3 nitrogen and oxygen atoms in total. The Kier molecular flexibility index (Phi) is 3.85. The van der Waals surface area contributed by atoms with Crippen molar-refractivity contribution in [1.29, 1.82) is 0 Å². The molecule has 1 saturated heterocycles. The number of nitrogens with two attached hydrogens (primary N) is 1. The molecule has 0 radical (unpaired) electrons. The van der Waals surface area contributed by atoms with Crippen molar-refractivity contribution in [1.82, 2.24) is 0 Å². The van der Waals surface area contributed by atoms with E-state index in [9.17, 15) is 5.11 Å². The first-order valence-corrected chi connectivity index (χ1v) is 8.15. The average Bonchev–Trinajstić information content (AvgIpc) is 2.88. The van der Waals surface area contributed by atoms with Gasteiger partial charge in [-0.1, -0.05) is 38.1 Å². The summed E-state index contributed by atoms with van der Waals surface area (Å²) in [6.07, 6.45) is 3.46. The van der Waals surface area contributed by atoms with Crippen LogP contribution in [0.5, 0.6) is 0 Å². The molecule has 3 atom stereocenters. The first-order valence-electron chi connectivity index (χ1n) is 8.15. The van der Waals surface area contributed by atoms with Crippen LogP contribution in [-0.2, 0) is 16.6 Å². The fourth-order valence-electron chi connectivity index (χ4n) is 4.31. The maximum Gasteiger partial charge on any atom is 0.0802 e. The Morgan fingerprint density at radius 3 is 2.81 bits per heavy atom. The fourth-order valence-corrected chi connectivity index (χ4v) is 4.31. The third kappa shape index (κ3) is 2.23. The van der Waals surface area contributed by atoms with Crippen molar-refractivity contribution in [3.8, 4) is 0 Å². The van der Waals surface area contributed by atoms with Crippen molar-refractivity contribution in [3.63, 3.8) is 0 Å². The summed E-state index contributed by atoms with van der Waals surface area (Å²) < 4.78 is 5.87. The van der Waals surface area contributed by atoms with Gasteiger partial charge in [0.05, 0.1) is 11.7 Å². The van der Waals surface area contributed by atoms with Crippen LogP contribution < -0.4 is 5.73 Å². The molecule has 1 aliphatic heterocycles. The smallest absolute Gasteiger partial charge is 0.0802 e. The van der Waals surface area contributed by atoms with Gasteiger partial charge >= 0.3 is 0 Å². The first-order chi connectivity index (χ1) is 10.0. The number of benzene rings is 1. The minimum absolute atomic E-state index is 0.125. The van der Waals surface area contributed by atoms with Gasteiger partial charge in [0.1, 0.15) is 0 Å². The molecule has 116 valence electrons. The number of aryl methyl sites for hydroxylation is 1. The number of fused-ring (bicyclic) bond motifs is 1. The Morgan fingerprint density at radius 1 is 1.33 bits per heavy atom. The summed E-state index contributed by atoms with van der Waals surface area (Å²) in [5, 5.41) is 11.5. The molecule has 0 bridgehead atoms. The highest BCUT2D eigenvalue weighted by atomic mass is 16.5. The van der Waals surface area contributed by atoms with Crippen LogP contribution in [-0.4, -0.2) is 30.0 Å². The molecule has 3 unspecified atom stereocenters. The van der Waals surface area contributed by atoms with Crippen molar-refractivity contribution < 1.29 is 9.84 Å². The molecule has 1 aliphatic carbocycles. The fraction of sp³-hybridized carbons (Fsp3) is 0.667. The molecule has 1 aromatic carbocycles. The van der Waals surface area contributed by atoms with Gasteiger partial charge < -0.3 is 15.6 Å². The van der Waals surface area contributed by atoms with Crippen LogP contribution in [0.2, 0.25) is 0 Å². The molecule has 0 aromatic heterocycles. The van der Waals surface area contributed by atoms with E-state index in [2.05, 4.69) is 38.1 Å². The van der Waals surface area contributed by atoms with Gasteiger partial charge in [0.2, 0.25) is 0 Å². The van der Waals surface area contributed by atoms with Crippen molar-refractivity contribution in [2.75, 3.05) is 13.2 Å². The molecule has 0 saturated carbocycles. The van der Waals surface area contributed by atoms with E-state index in [0.29, 0.717) is 31.9 Å². The second-order valence-electron chi connectivity index (χ2n) is 7.08. The molecule has 1 fully saturated rings. The number of hydrogen-bond donors (Lipinski definition) is 2. The van der Waals surface area contributed by atoms with Gasteiger partial charge in [0.25, 0.3) is 0 Å². The number of hydrogen-bond acceptors (Lipinski definition) is 3. The van der Waals surface area contributed by atoms with Crippen LogP contribution in [0.25, 0.3) is 0 Å². The molecular formula is C18H27NO2. The van der Waals surface area contributed by atoms with E-state index in [1.807, 2.05) is 0 Å². The number of aliphatic hydroxyl groups is 1. The molecule has 1 aromatic rings. The lowest BCUT2D eigenvalue weighted by molar-refractivity contribution is -0.151. The average molecular weight is 289 g/mol. The Hall–Kier alpha value is -0.900. The summed E-state index contributed by atoms with van der Waals surface area (Å²) in [7, 11) is 0. The van der Waals surface area contributed by atoms with Gasteiger partial charge in [-0.05, 0) is 29.9 Å². The van der Waals surface area contributed by atoms with Crippen LogP contribution in [0.1, 0.15) is 44.2 Å². The molecule has 21 heavy (non-hydrogen) atoms. The van der Waals surface area contributed by atoms with E-state index in [-0.39, 0.29) is 11.5 Å². The molecule has 1 heterocycles. The van der Waals surface area contributed by atoms with Crippen LogP contribution in [0.4, 0.5) is 0 Å². The largest absolute Gasteiger partial charge is 0.389 e. The van der Waals surface area contributed by atoms with Crippen LogP contribution in [0.15, 0.2) is 24.3 Å². The van der Waals surface area contributed by atoms with E-state index >= 15 is 0 Å². The van der Waals surface area contributed by atoms with Crippen LogP contribution in [0.3, 0.4) is 0 Å². The molecule has 3 N–H and O–H groups in total. The van der Waals surface area contributed by atoms with Crippen molar-refractivity contribution in [3.05, 3.63) is 35.4 Å². The zero-order valence-corrected chi connectivity index (χ0v) is 13.1. The molecule has 3 heteroatoms. The monoisotopic (exact) mass is 289 g/mol. The summed E-state index contributed by atoms with van der Waals surface area (Å²) in [6, 6.07) is 8.48. The van der Waals surface area contributed by atoms with Gasteiger partial charge in [-0.3, -0.25) is 0 Å². The predicted molar refractivity (Wildman–Crippen MR) is 84.3 cm³/mol. The van der Waals surface area contributed by atoms with E-state index in [1.165, 1.54) is 11.1 Å². The highest BCUT2D eigenvalue weighted by molar-refractivity contribution is 5.43. The van der Waals surface area contributed by atoms with Gasteiger partial charge in [-0.2, -0.15) is 0 Å². The first kappa shape index (κ1) is 15.0. The topological polar surface area (TPSA) is 55.5 Å². The zero-order chi connectivity index (χ0) is 15.1. The lowest BCUT2D eigenvalue weighted by Crippen LogP contribution is -2.59. The van der Waals surface area contributed by atoms with Gasteiger partial charge in [0.15, 0.2) is 0 Å². The Balaban J connectivity index is 2.00. The van der Waals surface area contributed by atoms with E-state index < -0.39 is 5.60 Å². The quantitative estimate of drug-likeness (QED) is 0.898. The van der Waals surface area contributed by atoms with E-state index in [1.54, 1.807) is 0 Å². The summed E-state index contributed by atoms with van der Waals surface area (Å²) in [4.78, 5) is 0. The third-order valence-corrected chi connectivity index (χ3v) is 5.72. The van der Waals surface area contributed by atoms with Gasteiger partial charge in [-0.25, -0.2) is 0 Å². The van der Waals surface area contributed by atoms with Gasteiger partial charge in [-0.15, -0.1) is 0 Å². The normalized spacial score (nSPS) is 36.0. The van der Waals surface area contributed by atoms with Crippen molar-refractivity contribution in [2.45, 2.75) is 56.7 Å². The lowest BCUT2D eigenvalue weighted by atomic mass is 9.63.